The Balaban J connectivity index is 0.00000220. The highest BCUT2D eigenvalue weighted by Crippen LogP contribution is 2.11. The van der Waals surface area contributed by atoms with Crippen LogP contribution in [0.25, 0.3) is 0 Å². The number of phenols is 1. The highest BCUT2D eigenvalue weighted by Gasteiger charge is 1.96. The molecule has 21 heavy (non-hydrogen) atoms. The van der Waals surface area contributed by atoms with Crippen molar-refractivity contribution in [3.8, 4) is 5.75 Å². The normalized spacial score (nSPS) is 10.8. The molecule has 0 aliphatic carbocycles. The zero-order valence-corrected chi connectivity index (χ0v) is 14.0. The van der Waals surface area contributed by atoms with Gasteiger partial charge in [-0.2, -0.15) is 0 Å². The Hall–Kier alpha value is -1.76. The number of guanidine groups is 1. The summed E-state index contributed by atoms with van der Waals surface area (Å²) in [7, 11) is 0. The van der Waals surface area contributed by atoms with E-state index in [9.17, 15) is 5.11 Å². The van der Waals surface area contributed by atoms with Crippen molar-refractivity contribution in [2.75, 3.05) is 6.54 Å². The molecule has 0 aromatic heterocycles. The van der Waals surface area contributed by atoms with Crippen molar-refractivity contribution in [3.63, 3.8) is 0 Å². The number of nitrogens with zero attached hydrogens (tertiary/aromatic N) is 1. The number of hydrogen-bond acceptors (Lipinski definition) is 2. The average molecular weight is 397 g/mol. The van der Waals surface area contributed by atoms with Gasteiger partial charge >= 0.3 is 0 Å². The van der Waals surface area contributed by atoms with Crippen LogP contribution in [0.15, 0.2) is 59.6 Å². The van der Waals surface area contributed by atoms with Crippen LogP contribution in [0, 0.1) is 0 Å². The lowest BCUT2D eigenvalue weighted by atomic mass is 10.1. The van der Waals surface area contributed by atoms with E-state index in [0.717, 1.165) is 18.5 Å². The maximum absolute atomic E-state index is 9.35. The lowest BCUT2D eigenvalue weighted by Gasteiger charge is -2.06. The first-order chi connectivity index (χ1) is 9.74. The summed E-state index contributed by atoms with van der Waals surface area (Å²) in [6.07, 6.45) is 0.906. The van der Waals surface area contributed by atoms with Gasteiger partial charge in [-0.3, -0.25) is 0 Å². The minimum absolute atomic E-state index is 0. The van der Waals surface area contributed by atoms with Gasteiger partial charge < -0.3 is 16.2 Å². The SMILES string of the molecule is I.NC(=NCc1cccc(O)c1)NCCc1ccccc1. The van der Waals surface area contributed by atoms with Gasteiger partial charge in [0.2, 0.25) is 0 Å². The molecular weight excluding hydrogens is 377 g/mol. The minimum Gasteiger partial charge on any atom is -0.508 e. The molecule has 0 atom stereocenters. The van der Waals surface area contributed by atoms with Crippen molar-refractivity contribution >= 4 is 29.9 Å². The van der Waals surface area contributed by atoms with Gasteiger partial charge in [0, 0.05) is 6.54 Å². The van der Waals surface area contributed by atoms with Gasteiger partial charge in [-0.15, -0.1) is 24.0 Å². The molecule has 0 aliphatic rings. The number of rotatable bonds is 5. The number of nitrogens with one attached hydrogen (secondary N) is 1. The molecule has 0 saturated carbocycles. The largest absolute Gasteiger partial charge is 0.508 e. The molecule has 0 heterocycles. The van der Waals surface area contributed by atoms with Crippen LogP contribution < -0.4 is 11.1 Å². The Kier molecular flexibility index (Phi) is 7.60. The minimum atomic E-state index is 0. The van der Waals surface area contributed by atoms with Crippen molar-refractivity contribution in [1.29, 1.82) is 0 Å². The summed E-state index contributed by atoms with van der Waals surface area (Å²) >= 11 is 0. The van der Waals surface area contributed by atoms with Crippen LogP contribution in [0.4, 0.5) is 0 Å². The molecule has 0 bridgehead atoms. The Morgan fingerprint density at radius 2 is 1.76 bits per heavy atom. The number of aromatic hydroxyl groups is 1. The van der Waals surface area contributed by atoms with Crippen molar-refractivity contribution in [2.24, 2.45) is 10.7 Å². The second-order valence-corrected chi connectivity index (χ2v) is 4.53. The van der Waals surface area contributed by atoms with E-state index in [1.165, 1.54) is 5.56 Å². The van der Waals surface area contributed by atoms with Gasteiger partial charge in [0.1, 0.15) is 5.75 Å². The number of aliphatic imine (C=N–C) groups is 1. The van der Waals surface area contributed by atoms with Crippen LogP contribution in [-0.4, -0.2) is 17.6 Å². The van der Waals surface area contributed by atoms with Crippen LogP contribution in [0.1, 0.15) is 11.1 Å². The van der Waals surface area contributed by atoms with Gasteiger partial charge in [-0.1, -0.05) is 42.5 Å². The second-order valence-electron chi connectivity index (χ2n) is 4.53. The first-order valence-corrected chi connectivity index (χ1v) is 6.59. The zero-order chi connectivity index (χ0) is 14.2. The molecule has 0 fully saturated rings. The van der Waals surface area contributed by atoms with Crippen molar-refractivity contribution in [1.82, 2.24) is 5.32 Å². The second kappa shape index (κ2) is 9.23. The van der Waals surface area contributed by atoms with E-state index in [1.54, 1.807) is 18.2 Å². The molecule has 5 heteroatoms. The summed E-state index contributed by atoms with van der Waals surface area (Å²) in [5.41, 5.74) is 7.99. The summed E-state index contributed by atoms with van der Waals surface area (Å²) in [4.78, 5) is 4.24. The van der Waals surface area contributed by atoms with Crippen molar-refractivity contribution < 1.29 is 5.11 Å². The number of phenolic OH excluding ortho intramolecular Hbond substituents is 1. The van der Waals surface area contributed by atoms with E-state index in [2.05, 4.69) is 22.4 Å². The third-order valence-electron chi connectivity index (χ3n) is 2.91. The van der Waals surface area contributed by atoms with Gasteiger partial charge in [-0.25, -0.2) is 4.99 Å². The summed E-state index contributed by atoms with van der Waals surface area (Å²) < 4.78 is 0. The molecule has 0 amide bonds. The molecule has 0 aliphatic heterocycles. The van der Waals surface area contributed by atoms with E-state index in [-0.39, 0.29) is 29.7 Å². The molecule has 2 aromatic carbocycles. The highest BCUT2D eigenvalue weighted by molar-refractivity contribution is 14.0. The fourth-order valence-corrected chi connectivity index (χ4v) is 1.87. The zero-order valence-electron chi connectivity index (χ0n) is 11.7. The highest BCUT2D eigenvalue weighted by atomic mass is 127. The quantitative estimate of drug-likeness (QED) is 0.413. The Labute approximate surface area is 142 Å². The molecule has 0 radical (unpaired) electrons. The predicted octanol–water partition coefficient (Wildman–Crippen LogP) is 2.66. The fourth-order valence-electron chi connectivity index (χ4n) is 1.87. The number of benzene rings is 2. The van der Waals surface area contributed by atoms with Crippen LogP contribution in [0.5, 0.6) is 5.75 Å². The third kappa shape index (κ3) is 6.48. The molecule has 0 spiro atoms. The van der Waals surface area contributed by atoms with Crippen molar-refractivity contribution in [3.05, 3.63) is 65.7 Å². The van der Waals surface area contributed by atoms with Crippen LogP contribution in [0.3, 0.4) is 0 Å². The molecule has 2 aromatic rings. The van der Waals surface area contributed by atoms with Crippen LogP contribution in [0.2, 0.25) is 0 Å². The summed E-state index contributed by atoms with van der Waals surface area (Å²) in [6, 6.07) is 17.2. The fraction of sp³-hybridized carbons (Fsp3) is 0.188. The first-order valence-electron chi connectivity index (χ1n) is 6.59. The average Bonchev–Trinajstić information content (AvgIpc) is 2.46. The summed E-state index contributed by atoms with van der Waals surface area (Å²) in [5, 5.41) is 12.4. The number of halogens is 1. The Bertz CT molecular complexity index is 573. The predicted molar refractivity (Wildman–Crippen MR) is 97.0 cm³/mol. The molecule has 4 N–H and O–H groups in total. The Morgan fingerprint density at radius 1 is 1.05 bits per heavy atom. The monoisotopic (exact) mass is 397 g/mol. The maximum atomic E-state index is 9.35. The van der Waals surface area contributed by atoms with Gasteiger partial charge in [0.25, 0.3) is 0 Å². The van der Waals surface area contributed by atoms with Gasteiger partial charge in [0.05, 0.1) is 6.54 Å². The summed E-state index contributed by atoms with van der Waals surface area (Å²) in [6.45, 7) is 1.21. The Morgan fingerprint density at radius 3 is 2.48 bits per heavy atom. The molecule has 0 unspecified atom stereocenters. The third-order valence-corrected chi connectivity index (χ3v) is 2.91. The van der Waals surface area contributed by atoms with Gasteiger partial charge in [-0.05, 0) is 29.7 Å². The van der Waals surface area contributed by atoms with Gasteiger partial charge in [0.15, 0.2) is 5.96 Å². The summed E-state index contributed by atoms with van der Waals surface area (Å²) in [5.74, 6) is 0.664. The number of nitrogens with two attached hydrogens (primary N) is 1. The van der Waals surface area contributed by atoms with Crippen LogP contribution >= 0.6 is 24.0 Å². The topological polar surface area (TPSA) is 70.6 Å². The van der Waals surface area contributed by atoms with E-state index >= 15 is 0 Å². The van der Waals surface area contributed by atoms with E-state index in [0.29, 0.717) is 12.5 Å². The lowest BCUT2D eigenvalue weighted by Crippen LogP contribution is -2.33. The molecule has 112 valence electrons. The smallest absolute Gasteiger partial charge is 0.188 e. The molecule has 0 saturated heterocycles. The van der Waals surface area contributed by atoms with E-state index < -0.39 is 0 Å². The first kappa shape index (κ1) is 17.3. The number of hydrogen-bond donors (Lipinski definition) is 3. The van der Waals surface area contributed by atoms with E-state index in [4.69, 9.17) is 5.73 Å². The molecular formula is C16H20IN3O. The standard InChI is InChI=1S/C16H19N3O.HI/c17-16(18-10-9-13-5-2-1-3-6-13)19-12-14-7-4-8-15(20)11-14;/h1-8,11,20H,9-10,12H2,(H3,17,18,19);1H. The van der Waals surface area contributed by atoms with Crippen molar-refractivity contribution in [2.45, 2.75) is 13.0 Å². The van der Waals surface area contributed by atoms with E-state index in [1.807, 2.05) is 24.3 Å². The molecule has 2 rings (SSSR count). The lowest BCUT2D eigenvalue weighted by molar-refractivity contribution is 0.474. The van der Waals surface area contributed by atoms with Crippen LogP contribution in [-0.2, 0) is 13.0 Å². The molecule has 4 nitrogen and oxygen atoms in total. The maximum Gasteiger partial charge on any atom is 0.188 e.